The van der Waals surface area contributed by atoms with Crippen molar-refractivity contribution < 1.29 is 18.4 Å². The molecule has 0 spiro atoms. The lowest BCUT2D eigenvalue weighted by atomic mass is 10.1. The first-order valence-electron chi connectivity index (χ1n) is 9.86. The van der Waals surface area contributed by atoms with Gasteiger partial charge in [0.25, 0.3) is 11.4 Å². The highest BCUT2D eigenvalue weighted by Gasteiger charge is 2.18. The quantitative estimate of drug-likeness (QED) is 0.455. The van der Waals surface area contributed by atoms with Gasteiger partial charge in [0.1, 0.15) is 5.82 Å². The predicted octanol–water partition coefficient (Wildman–Crippen LogP) is 3.26. The molecule has 10 heteroatoms. The Balaban J connectivity index is 1.40. The normalized spacial score (nSPS) is 12.4. The Hall–Kier alpha value is -4.73. The average Bonchev–Trinajstić information content (AvgIpc) is 3.49. The van der Waals surface area contributed by atoms with Gasteiger partial charge in [-0.15, -0.1) is 0 Å². The lowest BCUT2D eigenvalue weighted by molar-refractivity contribution is 0.174. The monoisotopic (exact) mass is 444 g/mol. The Morgan fingerprint density at radius 2 is 1.70 bits per heavy atom. The van der Waals surface area contributed by atoms with Gasteiger partial charge in [-0.1, -0.05) is 5.16 Å². The zero-order valence-corrected chi connectivity index (χ0v) is 16.7. The molecule has 1 N–H and O–H groups in total. The molecule has 0 aliphatic carbocycles. The zero-order valence-electron chi connectivity index (χ0n) is 16.7. The van der Waals surface area contributed by atoms with E-state index in [2.05, 4.69) is 15.1 Å². The first-order chi connectivity index (χ1) is 16.1. The van der Waals surface area contributed by atoms with Gasteiger partial charge < -0.3 is 19.0 Å². The summed E-state index contributed by atoms with van der Waals surface area (Å²) in [5.74, 6) is 1.34. The molecule has 1 aliphatic heterocycles. The number of nitrogens with one attached hydrogen (secondary N) is 1. The van der Waals surface area contributed by atoms with Gasteiger partial charge in [0.05, 0.1) is 16.6 Å². The highest BCUT2D eigenvalue weighted by Crippen LogP contribution is 2.35. The Morgan fingerprint density at radius 3 is 2.55 bits per heavy atom. The minimum absolute atomic E-state index is 0.161. The van der Waals surface area contributed by atoms with Crippen molar-refractivity contribution in [2.45, 2.75) is 0 Å². The van der Waals surface area contributed by atoms with E-state index in [-0.39, 0.29) is 23.8 Å². The van der Waals surface area contributed by atoms with E-state index < -0.39 is 17.1 Å². The minimum Gasteiger partial charge on any atom is -0.454 e. The lowest BCUT2D eigenvalue weighted by Gasteiger charge is -2.07. The summed E-state index contributed by atoms with van der Waals surface area (Å²) in [5, 5.41) is 4.29. The first-order valence-corrected chi connectivity index (χ1v) is 9.86. The van der Waals surface area contributed by atoms with Crippen LogP contribution < -0.4 is 20.7 Å². The summed E-state index contributed by atoms with van der Waals surface area (Å²) in [6, 6.07) is 15.2. The molecule has 0 radical (unpaired) electrons. The van der Waals surface area contributed by atoms with Gasteiger partial charge >= 0.3 is 5.69 Å². The van der Waals surface area contributed by atoms with Crippen molar-refractivity contribution in [2.75, 3.05) is 6.79 Å². The van der Waals surface area contributed by atoms with Crippen molar-refractivity contribution in [1.29, 1.82) is 0 Å². The molecule has 3 aromatic carbocycles. The highest BCUT2D eigenvalue weighted by atomic mass is 19.1. The van der Waals surface area contributed by atoms with Crippen LogP contribution in [0.4, 0.5) is 4.39 Å². The van der Waals surface area contributed by atoms with Crippen LogP contribution in [0.2, 0.25) is 0 Å². The van der Waals surface area contributed by atoms with Gasteiger partial charge in [0, 0.05) is 11.1 Å². The SMILES string of the molecule is O=c1[nH]c2cc(-c3nc(-c4ccc5c(c4)OCO5)no3)ccc2c(=O)n1-c1ccc(F)cc1. The molecule has 0 atom stereocenters. The number of benzene rings is 3. The maximum absolute atomic E-state index is 13.2. The summed E-state index contributed by atoms with van der Waals surface area (Å²) < 4.78 is 30.3. The van der Waals surface area contributed by atoms with E-state index in [1.807, 2.05) is 0 Å². The fraction of sp³-hybridized carbons (Fsp3) is 0.0435. The van der Waals surface area contributed by atoms with Gasteiger partial charge in [-0.05, 0) is 60.7 Å². The van der Waals surface area contributed by atoms with Gasteiger partial charge in [-0.2, -0.15) is 4.98 Å². The van der Waals surface area contributed by atoms with E-state index in [1.54, 1.807) is 36.4 Å². The maximum Gasteiger partial charge on any atom is 0.333 e. The maximum atomic E-state index is 13.2. The third-order valence-electron chi connectivity index (χ3n) is 5.29. The fourth-order valence-corrected chi connectivity index (χ4v) is 3.67. The van der Waals surface area contributed by atoms with Gasteiger partial charge in [0.2, 0.25) is 12.6 Å². The van der Waals surface area contributed by atoms with Crippen molar-refractivity contribution in [1.82, 2.24) is 19.7 Å². The third-order valence-corrected chi connectivity index (χ3v) is 5.29. The van der Waals surface area contributed by atoms with Crippen molar-refractivity contribution >= 4 is 10.9 Å². The van der Waals surface area contributed by atoms with Crippen LogP contribution in [0.5, 0.6) is 11.5 Å². The molecule has 162 valence electrons. The van der Waals surface area contributed by atoms with Crippen LogP contribution in [0.25, 0.3) is 39.4 Å². The van der Waals surface area contributed by atoms with Crippen molar-refractivity contribution in [3.05, 3.63) is 87.3 Å². The molecule has 3 heterocycles. The number of fused-ring (bicyclic) bond motifs is 2. The molecule has 0 fully saturated rings. The Labute approximate surface area is 183 Å². The summed E-state index contributed by atoms with van der Waals surface area (Å²) >= 11 is 0. The number of halogens is 1. The fourth-order valence-electron chi connectivity index (χ4n) is 3.67. The second-order valence-corrected chi connectivity index (χ2v) is 7.30. The number of ether oxygens (including phenoxy) is 2. The number of hydrogen-bond acceptors (Lipinski definition) is 7. The molecule has 9 nitrogen and oxygen atoms in total. The summed E-state index contributed by atoms with van der Waals surface area (Å²) in [5.41, 5.74) is 0.603. The summed E-state index contributed by atoms with van der Waals surface area (Å²) in [6.45, 7) is 0.161. The highest BCUT2D eigenvalue weighted by molar-refractivity contribution is 5.82. The molecular formula is C23H13FN4O5. The van der Waals surface area contributed by atoms with Crippen LogP contribution in [0.15, 0.2) is 74.8 Å². The van der Waals surface area contributed by atoms with Crippen LogP contribution in [0.1, 0.15) is 0 Å². The van der Waals surface area contributed by atoms with E-state index in [0.717, 1.165) is 4.57 Å². The molecule has 2 aromatic heterocycles. The van der Waals surface area contributed by atoms with Crippen LogP contribution in [-0.4, -0.2) is 26.5 Å². The van der Waals surface area contributed by atoms with Gasteiger partial charge in [-0.3, -0.25) is 4.79 Å². The first kappa shape index (κ1) is 19.0. The minimum atomic E-state index is -0.650. The van der Waals surface area contributed by atoms with Crippen LogP contribution in [0, 0.1) is 5.82 Å². The standard InChI is InChI=1S/C23H13FN4O5/c24-14-3-5-15(6-4-14)28-22(29)16-7-1-13(9-17(16)25-23(28)30)21-26-20(27-33-21)12-2-8-18-19(10-12)32-11-31-18/h1-10H,11H2,(H,25,30). The summed E-state index contributed by atoms with van der Waals surface area (Å²) in [7, 11) is 0. The van der Waals surface area contributed by atoms with Crippen LogP contribution in [0.3, 0.4) is 0 Å². The lowest BCUT2D eigenvalue weighted by Crippen LogP contribution is -2.33. The number of H-pyrrole nitrogens is 1. The molecular weight excluding hydrogens is 431 g/mol. The smallest absolute Gasteiger partial charge is 0.333 e. The molecule has 0 unspecified atom stereocenters. The van der Waals surface area contributed by atoms with Gasteiger partial charge in [-0.25, -0.2) is 13.8 Å². The Kier molecular flexibility index (Phi) is 4.12. The van der Waals surface area contributed by atoms with E-state index in [0.29, 0.717) is 34.0 Å². The second kappa shape index (κ2) is 7.16. The van der Waals surface area contributed by atoms with E-state index in [1.165, 1.54) is 24.3 Å². The summed E-state index contributed by atoms with van der Waals surface area (Å²) in [4.78, 5) is 32.6. The molecule has 5 aromatic rings. The molecule has 0 saturated carbocycles. The molecule has 0 bridgehead atoms. The van der Waals surface area contributed by atoms with E-state index in [9.17, 15) is 14.0 Å². The Bertz CT molecular complexity index is 1650. The number of nitrogens with zero attached hydrogens (tertiary/aromatic N) is 3. The van der Waals surface area contributed by atoms with Crippen LogP contribution in [-0.2, 0) is 0 Å². The van der Waals surface area contributed by atoms with Gasteiger partial charge in [0.15, 0.2) is 11.5 Å². The number of hydrogen-bond donors (Lipinski definition) is 1. The van der Waals surface area contributed by atoms with Crippen LogP contribution >= 0.6 is 0 Å². The van der Waals surface area contributed by atoms with Crippen molar-refractivity contribution in [3.8, 4) is 40.0 Å². The third kappa shape index (κ3) is 3.16. The Morgan fingerprint density at radius 1 is 0.909 bits per heavy atom. The zero-order chi connectivity index (χ0) is 22.5. The topological polar surface area (TPSA) is 112 Å². The van der Waals surface area contributed by atoms with E-state index in [4.69, 9.17) is 14.0 Å². The predicted molar refractivity (Wildman–Crippen MR) is 115 cm³/mol. The number of rotatable bonds is 3. The second-order valence-electron chi connectivity index (χ2n) is 7.30. The molecule has 1 aliphatic rings. The van der Waals surface area contributed by atoms with E-state index >= 15 is 0 Å². The van der Waals surface area contributed by atoms with Crippen molar-refractivity contribution in [3.63, 3.8) is 0 Å². The number of aromatic nitrogens is 4. The largest absolute Gasteiger partial charge is 0.454 e. The average molecular weight is 444 g/mol. The summed E-state index contributed by atoms with van der Waals surface area (Å²) in [6.07, 6.45) is 0. The molecule has 0 amide bonds. The number of aromatic amines is 1. The van der Waals surface area contributed by atoms with Crippen molar-refractivity contribution in [2.24, 2.45) is 0 Å². The molecule has 0 saturated heterocycles. The molecule has 6 rings (SSSR count). The molecule has 33 heavy (non-hydrogen) atoms.